The molecule has 2 aromatic carbocycles. The van der Waals surface area contributed by atoms with Crippen LogP contribution in [-0.4, -0.2) is 19.5 Å². The van der Waals surface area contributed by atoms with E-state index in [0.29, 0.717) is 23.7 Å². The van der Waals surface area contributed by atoms with Crippen LogP contribution in [0.2, 0.25) is 0 Å². The van der Waals surface area contributed by atoms with Gasteiger partial charge in [-0.05, 0) is 42.3 Å². The second-order valence-electron chi connectivity index (χ2n) is 4.97. The molecule has 0 saturated carbocycles. The van der Waals surface area contributed by atoms with Crippen molar-refractivity contribution >= 4 is 11.9 Å². The van der Waals surface area contributed by atoms with Crippen molar-refractivity contribution in [3.05, 3.63) is 65.5 Å². The molecule has 0 aliphatic carbocycles. The van der Waals surface area contributed by atoms with Crippen LogP contribution >= 0.6 is 0 Å². The zero-order valence-electron chi connectivity index (χ0n) is 13.2. The summed E-state index contributed by atoms with van der Waals surface area (Å²) < 4.78 is 24.0. The molecule has 0 spiro atoms. The molecule has 0 fully saturated rings. The summed E-state index contributed by atoms with van der Waals surface area (Å²) >= 11 is 0. The summed E-state index contributed by atoms with van der Waals surface area (Å²) in [4.78, 5) is 12.0. The summed E-state index contributed by atoms with van der Waals surface area (Å²) in [5.41, 5.74) is 1.12. The quantitative estimate of drug-likeness (QED) is 0.557. The van der Waals surface area contributed by atoms with Crippen LogP contribution in [-0.2, 0) is 0 Å². The van der Waals surface area contributed by atoms with Gasteiger partial charge in [-0.1, -0.05) is 31.2 Å². The summed E-state index contributed by atoms with van der Waals surface area (Å²) in [6.07, 6.45) is 3.98. The van der Waals surface area contributed by atoms with Gasteiger partial charge in [0.1, 0.15) is 5.82 Å². The molecule has 2 aromatic rings. The van der Waals surface area contributed by atoms with Gasteiger partial charge in [0.2, 0.25) is 0 Å². The number of ketones is 1. The molecule has 2 rings (SSSR count). The topological polar surface area (TPSA) is 35.5 Å². The summed E-state index contributed by atoms with van der Waals surface area (Å²) in [5, 5.41) is 0. The van der Waals surface area contributed by atoms with Gasteiger partial charge in [0.05, 0.1) is 13.7 Å². The Hall–Kier alpha value is -2.62. The first-order valence-corrected chi connectivity index (χ1v) is 7.43. The summed E-state index contributed by atoms with van der Waals surface area (Å²) in [6.45, 7) is 2.61. The molecular weight excluding hydrogens is 295 g/mol. The molecule has 0 radical (unpaired) electrons. The van der Waals surface area contributed by atoms with E-state index in [2.05, 4.69) is 0 Å². The van der Waals surface area contributed by atoms with Gasteiger partial charge in [0.25, 0.3) is 0 Å². The SMILES string of the molecule is CCCOc1cc(C=CC(=O)c2cccc(F)c2)ccc1OC. The number of allylic oxidation sites excluding steroid dienone is 1. The van der Waals surface area contributed by atoms with E-state index in [0.717, 1.165) is 12.0 Å². The van der Waals surface area contributed by atoms with E-state index >= 15 is 0 Å². The van der Waals surface area contributed by atoms with E-state index < -0.39 is 5.82 Å². The number of carbonyl (C=O) groups excluding carboxylic acids is 1. The molecule has 120 valence electrons. The molecule has 0 N–H and O–H groups in total. The van der Waals surface area contributed by atoms with Gasteiger partial charge in [0, 0.05) is 5.56 Å². The van der Waals surface area contributed by atoms with E-state index in [1.165, 1.54) is 24.3 Å². The van der Waals surface area contributed by atoms with Crippen molar-refractivity contribution in [3.63, 3.8) is 0 Å². The van der Waals surface area contributed by atoms with E-state index in [1.807, 2.05) is 19.1 Å². The maximum absolute atomic E-state index is 13.1. The van der Waals surface area contributed by atoms with Crippen LogP contribution in [0.5, 0.6) is 11.5 Å². The molecule has 3 nitrogen and oxygen atoms in total. The van der Waals surface area contributed by atoms with E-state index in [-0.39, 0.29) is 5.78 Å². The molecule has 4 heteroatoms. The van der Waals surface area contributed by atoms with Crippen LogP contribution in [0, 0.1) is 5.82 Å². The molecule has 0 aromatic heterocycles. The van der Waals surface area contributed by atoms with Crippen molar-refractivity contribution in [2.24, 2.45) is 0 Å². The minimum atomic E-state index is -0.427. The maximum Gasteiger partial charge on any atom is 0.185 e. The third-order valence-corrected chi connectivity index (χ3v) is 3.19. The second-order valence-corrected chi connectivity index (χ2v) is 4.97. The Balaban J connectivity index is 2.17. The van der Waals surface area contributed by atoms with Crippen LogP contribution in [0.4, 0.5) is 4.39 Å². The van der Waals surface area contributed by atoms with Crippen molar-refractivity contribution in [1.29, 1.82) is 0 Å². The van der Waals surface area contributed by atoms with Crippen LogP contribution < -0.4 is 9.47 Å². The molecule has 23 heavy (non-hydrogen) atoms. The zero-order chi connectivity index (χ0) is 16.7. The van der Waals surface area contributed by atoms with Gasteiger partial charge in [-0.25, -0.2) is 4.39 Å². The van der Waals surface area contributed by atoms with Crippen molar-refractivity contribution in [1.82, 2.24) is 0 Å². The molecular formula is C19H19FO3. The van der Waals surface area contributed by atoms with Crippen molar-refractivity contribution < 1.29 is 18.7 Å². The van der Waals surface area contributed by atoms with Gasteiger partial charge in [-0.15, -0.1) is 0 Å². The van der Waals surface area contributed by atoms with E-state index in [9.17, 15) is 9.18 Å². The van der Waals surface area contributed by atoms with Crippen molar-refractivity contribution in [3.8, 4) is 11.5 Å². The lowest BCUT2D eigenvalue weighted by Crippen LogP contribution is -1.98. The normalized spacial score (nSPS) is 10.7. The molecule has 0 unspecified atom stereocenters. The van der Waals surface area contributed by atoms with Crippen molar-refractivity contribution in [2.75, 3.05) is 13.7 Å². The third kappa shape index (κ3) is 4.68. The smallest absolute Gasteiger partial charge is 0.185 e. The average Bonchev–Trinajstić information content (AvgIpc) is 2.57. The molecule has 0 amide bonds. The lowest BCUT2D eigenvalue weighted by molar-refractivity contribution is 0.104. The number of methoxy groups -OCH3 is 1. The molecule has 0 atom stereocenters. The fraction of sp³-hybridized carbons (Fsp3) is 0.211. The number of benzene rings is 2. The average molecular weight is 314 g/mol. The lowest BCUT2D eigenvalue weighted by Gasteiger charge is -2.10. The molecule has 0 saturated heterocycles. The Kier molecular flexibility index (Phi) is 5.92. The number of hydrogen-bond donors (Lipinski definition) is 0. The summed E-state index contributed by atoms with van der Waals surface area (Å²) in [6, 6.07) is 11.0. The highest BCUT2D eigenvalue weighted by atomic mass is 19.1. The first kappa shape index (κ1) is 16.7. The van der Waals surface area contributed by atoms with Crippen LogP contribution in [0.3, 0.4) is 0 Å². The minimum Gasteiger partial charge on any atom is -0.493 e. The maximum atomic E-state index is 13.1. The Morgan fingerprint density at radius 1 is 1.17 bits per heavy atom. The highest BCUT2D eigenvalue weighted by Crippen LogP contribution is 2.28. The van der Waals surface area contributed by atoms with E-state index in [4.69, 9.17) is 9.47 Å². The number of carbonyl (C=O) groups is 1. The number of halogens is 1. The van der Waals surface area contributed by atoms with Crippen molar-refractivity contribution in [2.45, 2.75) is 13.3 Å². The number of ether oxygens (including phenoxy) is 2. The molecule has 0 bridgehead atoms. The second kappa shape index (κ2) is 8.13. The summed E-state index contributed by atoms with van der Waals surface area (Å²) in [7, 11) is 1.58. The largest absolute Gasteiger partial charge is 0.493 e. The Morgan fingerprint density at radius 3 is 2.70 bits per heavy atom. The number of hydrogen-bond acceptors (Lipinski definition) is 3. The Bertz CT molecular complexity index is 708. The molecule has 0 heterocycles. The molecule has 0 aliphatic rings. The highest BCUT2D eigenvalue weighted by Gasteiger charge is 2.06. The van der Waals surface area contributed by atoms with Gasteiger partial charge in [-0.2, -0.15) is 0 Å². The highest BCUT2D eigenvalue weighted by molar-refractivity contribution is 6.06. The first-order chi connectivity index (χ1) is 11.1. The molecule has 0 aliphatic heterocycles. The Labute approximate surface area is 135 Å². The number of rotatable bonds is 7. The first-order valence-electron chi connectivity index (χ1n) is 7.43. The van der Waals surface area contributed by atoms with Crippen LogP contribution in [0.1, 0.15) is 29.3 Å². The standard InChI is InChI=1S/C19H19FO3/c1-3-11-23-19-12-14(8-10-18(19)22-2)7-9-17(21)15-5-4-6-16(20)13-15/h4-10,12-13H,3,11H2,1-2H3. The van der Waals surface area contributed by atoms with E-state index in [1.54, 1.807) is 25.3 Å². The van der Waals surface area contributed by atoms with Gasteiger partial charge in [-0.3, -0.25) is 4.79 Å². The van der Waals surface area contributed by atoms with Crippen LogP contribution in [0.15, 0.2) is 48.5 Å². The lowest BCUT2D eigenvalue weighted by atomic mass is 10.1. The van der Waals surface area contributed by atoms with Gasteiger partial charge in [0.15, 0.2) is 17.3 Å². The van der Waals surface area contributed by atoms with Crippen LogP contribution in [0.25, 0.3) is 6.08 Å². The fourth-order valence-electron chi connectivity index (χ4n) is 2.03. The monoisotopic (exact) mass is 314 g/mol. The fourth-order valence-corrected chi connectivity index (χ4v) is 2.03. The third-order valence-electron chi connectivity index (χ3n) is 3.19. The predicted octanol–water partition coefficient (Wildman–Crippen LogP) is 4.52. The zero-order valence-corrected chi connectivity index (χ0v) is 13.2. The minimum absolute atomic E-state index is 0.253. The Morgan fingerprint density at radius 2 is 2.00 bits per heavy atom. The van der Waals surface area contributed by atoms with Gasteiger partial charge < -0.3 is 9.47 Å². The van der Waals surface area contributed by atoms with Gasteiger partial charge >= 0.3 is 0 Å². The summed E-state index contributed by atoms with van der Waals surface area (Å²) in [5.74, 6) is 0.599. The predicted molar refractivity (Wildman–Crippen MR) is 88.5 cm³/mol.